The van der Waals surface area contributed by atoms with E-state index in [4.69, 9.17) is 0 Å². The molecule has 8 nitrogen and oxygen atoms in total. The van der Waals surface area contributed by atoms with Gasteiger partial charge in [-0.15, -0.1) is 10.2 Å². The van der Waals surface area contributed by atoms with E-state index in [9.17, 15) is 13.2 Å². The van der Waals surface area contributed by atoms with Gasteiger partial charge in [0.2, 0.25) is 15.9 Å². The van der Waals surface area contributed by atoms with Crippen LogP contribution in [0.4, 0.5) is 5.69 Å². The van der Waals surface area contributed by atoms with Crippen molar-refractivity contribution in [1.82, 2.24) is 19.1 Å². The summed E-state index contributed by atoms with van der Waals surface area (Å²) < 4.78 is 29.2. The number of hydrogen-bond acceptors (Lipinski definition) is 6. The lowest BCUT2D eigenvalue weighted by atomic mass is 9.96. The minimum atomic E-state index is -3.54. The predicted octanol–water partition coefficient (Wildman–Crippen LogP) is 3.54. The van der Waals surface area contributed by atoms with Gasteiger partial charge in [-0.05, 0) is 51.0 Å². The summed E-state index contributed by atoms with van der Waals surface area (Å²) >= 11 is 1.31. The van der Waals surface area contributed by atoms with Crippen LogP contribution in [0.1, 0.15) is 52.0 Å². The molecule has 2 aromatic rings. The van der Waals surface area contributed by atoms with E-state index in [0.29, 0.717) is 10.8 Å². The van der Waals surface area contributed by atoms with Gasteiger partial charge in [0.15, 0.2) is 5.16 Å². The van der Waals surface area contributed by atoms with Gasteiger partial charge in [-0.3, -0.25) is 4.79 Å². The van der Waals surface area contributed by atoms with Crippen LogP contribution in [-0.4, -0.2) is 52.2 Å². The van der Waals surface area contributed by atoms with Gasteiger partial charge in [-0.2, -0.15) is 4.31 Å². The van der Waals surface area contributed by atoms with Gasteiger partial charge in [0, 0.05) is 24.8 Å². The van der Waals surface area contributed by atoms with Crippen molar-refractivity contribution < 1.29 is 13.2 Å². The van der Waals surface area contributed by atoms with Crippen LogP contribution in [0.3, 0.4) is 0 Å². The number of hydrogen-bond donors (Lipinski definition) is 1. The van der Waals surface area contributed by atoms with Gasteiger partial charge in [0.1, 0.15) is 6.33 Å². The minimum absolute atomic E-state index is 0.0630. The molecular formula is C20H29N5O3S2. The van der Waals surface area contributed by atoms with Crippen molar-refractivity contribution in [2.45, 2.75) is 68.1 Å². The summed E-state index contributed by atoms with van der Waals surface area (Å²) in [5, 5.41) is 11.4. The Balaban J connectivity index is 1.58. The molecule has 1 fully saturated rings. The Morgan fingerprint density at radius 2 is 1.90 bits per heavy atom. The van der Waals surface area contributed by atoms with E-state index in [1.807, 2.05) is 18.4 Å². The number of nitrogens with zero attached hydrogens (tertiary/aromatic N) is 4. The second kappa shape index (κ2) is 9.93. The lowest BCUT2D eigenvalue weighted by Crippen LogP contribution is -2.38. The standard InChI is InChI=1S/C20H29N5O3S2/c1-15(2)25-14-21-23-20(25)29-13-19(26)22-16-9-11-18(12-10-16)30(27,28)24(3)17-7-5-4-6-8-17/h9-12,14-15,17H,4-8,13H2,1-3H3,(H,22,26). The molecule has 1 aromatic heterocycles. The Hall–Kier alpha value is -1.91. The van der Waals surface area contributed by atoms with Crippen LogP contribution in [0.25, 0.3) is 0 Å². The Labute approximate surface area is 182 Å². The highest BCUT2D eigenvalue weighted by Crippen LogP contribution is 2.27. The molecule has 30 heavy (non-hydrogen) atoms. The SMILES string of the molecule is CC(C)n1cnnc1SCC(=O)Nc1ccc(S(=O)(=O)N(C)C2CCCCC2)cc1. The number of nitrogens with one attached hydrogen (secondary N) is 1. The first-order valence-corrected chi connectivity index (χ1v) is 12.6. The van der Waals surface area contributed by atoms with Gasteiger partial charge in [0.05, 0.1) is 10.6 Å². The van der Waals surface area contributed by atoms with Crippen LogP contribution >= 0.6 is 11.8 Å². The number of carbonyl (C=O) groups is 1. The maximum absolute atomic E-state index is 12.9. The Morgan fingerprint density at radius 1 is 1.23 bits per heavy atom. The predicted molar refractivity (Wildman–Crippen MR) is 118 cm³/mol. The van der Waals surface area contributed by atoms with Crippen molar-refractivity contribution in [3.8, 4) is 0 Å². The highest BCUT2D eigenvalue weighted by molar-refractivity contribution is 7.99. The number of carbonyl (C=O) groups excluding carboxylic acids is 1. The Bertz CT molecular complexity index is 951. The first kappa shape index (κ1) is 22.8. The molecule has 1 aliphatic rings. The zero-order valence-corrected chi connectivity index (χ0v) is 19.2. The average molecular weight is 452 g/mol. The molecule has 1 amide bonds. The highest BCUT2D eigenvalue weighted by Gasteiger charge is 2.28. The van der Waals surface area contributed by atoms with Gasteiger partial charge >= 0.3 is 0 Å². The zero-order chi connectivity index (χ0) is 21.7. The summed E-state index contributed by atoms with van der Waals surface area (Å²) in [5.41, 5.74) is 0.560. The van der Waals surface area contributed by atoms with E-state index in [2.05, 4.69) is 15.5 Å². The third-order valence-electron chi connectivity index (χ3n) is 5.33. The van der Waals surface area contributed by atoms with Crippen molar-refractivity contribution in [3.05, 3.63) is 30.6 Å². The van der Waals surface area contributed by atoms with Crippen molar-refractivity contribution in [2.24, 2.45) is 0 Å². The Kier molecular flexibility index (Phi) is 7.54. The van der Waals surface area contributed by atoms with Crippen LogP contribution in [0.2, 0.25) is 0 Å². The zero-order valence-electron chi connectivity index (χ0n) is 17.6. The fraction of sp³-hybridized carbons (Fsp3) is 0.550. The molecule has 164 valence electrons. The fourth-order valence-electron chi connectivity index (χ4n) is 3.53. The molecule has 0 aliphatic heterocycles. The molecule has 0 saturated heterocycles. The van der Waals surface area contributed by atoms with E-state index < -0.39 is 10.0 Å². The monoisotopic (exact) mass is 451 g/mol. The number of benzene rings is 1. The van der Waals surface area contributed by atoms with E-state index in [1.165, 1.54) is 22.5 Å². The summed E-state index contributed by atoms with van der Waals surface area (Å²) in [4.78, 5) is 12.5. The lowest BCUT2D eigenvalue weighted by molar-refractivity contribution is -0.113. The lowest BCUT2D eigenvalue weighted by Gasteiger charge is -2.30. The number of aromatic nitrogens is 3. The summed E-state index contributed by atoms with van der Waals surface area (Å²) in [7, 11) is -1.88. The Morgan fingerprint density at radius 3 is 2.53 bits per heavy atom. The van der Waals surface area contributed by atoms with E-state index in [-0.39, 0.29) is 28.6 Å². The van der Waals surface area contributed by atoms with E-state index >= 15 is 0 Å². The highest BCUT2D eigenvalue weighted by atomic mass is 32.2. The normalized spacial score (nSPS) is 15.6. The van der Waals surface area contributed by atoms with Crippen molar-refractivity contribution in [1.29, 1.82) is 0 Å². The van der Waals surface area contributed by atoms with Gasteiger partial charge < -0.3 is 9.88 Å². The summed E-state index contributed by atoms with van der Waals surface area (Å²) in [6, 6.07) is 6.63. The molecule has 3 rings (SSSR count). The molecule has 10 heteroatoms. The first-order chi connectivity index (χ1) is 14.3. The third kappa shape index (κ3) is 5.41. The second-order valence-corrected chi connectivity index (χ2v) is 10.7. The molecule has 1 heterocycles. The van der Waals surface area contributed by atoms with Crippen LogP contribution < -0.4 is 5.32 Å². The van der Waals surface area contributed by atoms with Crippen LogP contribution in [0, 0.1) is 0 Å². The number of sulfonamides is 1. The largest absolute Gasteiger partial charge is 0.325 e. The third-order valence-corrected chi connectivity index (χ3v) is 8.21. The molecule has 0 unspecified atom stereocenters. The van der Waals surface area contributed by atoms with Gasteiger partial charge in [-0.1, -0.05) is 31.0 Å². The smallest absolute Gasteiger partial charge is 0.243 e. The molecule has 1 aromatic carbocycles. The maximum Gasteiger partial charge on any atom is 0.243 e. The number of anilines is 1. The number of rotatable bonds is 8. The van der Waals surface area contributed by atoms with Gasteiger partial charge in [-0.25, -0.2) is 8.42 Å². The van der Waals surface area contributed by atoms with E-state index in [0.717, 1.165) is 25.7 Å². The fourth-order valence-corrected chi connectivity index (χ4v) is 5.79. The summed E-state index contributed by atoms with van der Waals surface area (Å²) in [6.45, 7) is 4.05. The first-order valence-electron chi connectivity index (χ1n) is 10.2. The molecule has 0 spiro atoms. The van der Waals surface area contributed by atoms with Crippen LogP contribution in [-0.2, 0) is 14.8 Å². The minimum Gasteiger partial charge on any atom is -0.325 e. The van der Waals surface area contributed by atoms with Crippen molar-refractivity contribution in [3.63, 3.8) is 0 Å². The molecule has 0 radical (unpaired) electrons. The summed E-state index contributed by atoms with van der Waals surface area (Å²) in [5.74, 6) is 0.00354. The van der Waals surface area contributed by atoms with Crippen LogP contribution in [0.5, 0.6) is 0 Å². The molecule has 1 saturated carbocycles. The summed E-state index contributed by atoms with van der Waals surface area (Å²) in [6.07, 6.45) is 6.78. The van der Waals surface area contributed by atoms with E-state index in [1.54, 1.807) is 37.6 Å². The van der Waals surface area contributed by atoms with Gasteiger partial charge in [0.25, 0.3) is 0 Å². The number of amides is 1. The molecule has 1 aliphatic carbocycles. The molecular weight excluding hydrogens is 422 g/mol. The average Bonchev–Trinajstić information content (AvgIpc) is 3.22. The second-order valence-electron chi connectivity index (χ2n) is 7.79. The van der Waals surface area contributed by atoms with Crippen molar-refractivity contribution in [2.75, 3.05) is 18.1 Å². The molecule has 0 atom stereocenters. The van der Waals surface area contributed by atoms with Crippen LogP contribution in [0.15, 0.2) is 40.6 Å². The topological polar surface area (TPSA) is 97.2 Å². The van der Waals surface area contributed by atoms with Crippen molar-refractivity contribution >= 4 is 33.4 Å². The quantitative estimate of drug-likeness (QED) is 0.617. The number of thioether (sulfide) groups is 1. The molecule has 0 bridgehead atoms. The maximum atomic E-state index is 12.9. The molecule has 1 N–H and O–H groups in total.